The minimum Gasteiger partial charge on any atom is -0.345 e. The van der Waals surface area contributed by atoms with Crippen LogP contribution in [0, 0.1) is 0 Å². The van der Waals surface area contributed by atoms with Crippen molar-refractivity contribution in [3.63, 3.8) is 0 Å². The number of benzene rings is 1. The van der Waals surface area contributed by atoms with Gasteiger partial charge in [0.15, 0.2) is 0 Å². The maximum atomic E-state index is 12.3. The molecule has 1 atom stereocenters. The molecule has 6 heteroatoms. The van der Waals surface area contributed by atoms with Crippen LogP contribution in [0.15, 0.2) is 36.5 Å². The molecule has 0 saturated heterocycles. The lowest BCUT2D eigenvalue weighted by atomic mass is 10.1. The number of aromatic nitrogens is 2. The van der Waals surface area contributed by atoms with Crippen LogP contribution in [0.5, 0.6) is 0 Å². The molecule has 6 nitrogen and oxygen atoms in total. The molecule has 22 heavy (non-hydrogen) atoms. The molecule has 2 rings (SSSR count). The van der Waals surface area contributed by atoms with E-state index >= 15 is 0 Å². The molecule has 1 aromatic heterocycles. The monoisotopic (exact) mass is 300 g/mol. The number of amides is 2. The van der Waals surface area contributed by atoms with Crippen LogP contribution in [0.4, 0.5) is 5.69 Å². The Morgan fingerprint density at radius 2 is 2.14 bits per heavy atom. The lowest BCUT2D eigenvalue weighted by Gasteiger charge is -2.17. The van der Waals surface area contributed by atoms with Crippen LogP contribution in [0.3, 0.4) is 0 Å². The fourth-order valence-corrected chi connectivity index (χ4v) is 2.21. The first-order chi connectivity index (χ1) is 10.6. The minimum absolute atomic E-state index is 0.209. The Bertz CT molecular complexity index is 637. The zero-order chi connectivity index (χ0) is 15.9. The quantitative estimate of drug-likeness (QED) is 0.765. The van der Waals surface area contributed by atoms with Gasteiger partial charge in [-0.1, -0.05) is 25.5 Å². The number of nitrogens with one attached hydrogen (secondary N) is 3. The second-order valence-electron chi connectivity index (χ2n) is 5.08. The average Bonchev–Trinajstić information content (AvgIpc) is 3.01. The molecule has 1 heterocycles. The summed E-state index contributed by atoms with van der Waals surface area (Å²) in [6.45, 7) is 3.38. The van der Waals surface area contributed by atoms with Crippen molar-refractivity contribution in [3.05, 3.63) is 36.5 Å². The fourth-order valence-electron chi connectivity index (χ4n) is 2.21. The van der Waals surface area contributed by atoms with E-state index in [1.54, 1.807) is 6.20 Å². The molecule has 0 aliphatic rings. The van der Waals surface area contributed by atoms with Gasteiger partial charge >= 0.3 is 0 Å². The van der Waals surface area contributed by atoms with Gasteiger partial charge in [0.05, 0.1) is 5.69 Å². The first-order valence-corrected chi connectivity index (χ1v) is 7.28. The molecule has 0 aliphatic heterocycles. The second-order valence-corrected chi connectivity index (χ2v) is 5.08. The molecule has 0 unspecified atom stereocenters. The Balaban J connectivity index is 2.10. The van der Waals surface area contributed by atoms with Gasteiger partial charge in [-0.2, -0.15) is 5.10 Å². The molecule has 1 aromatic carbocycles. The van der Waals surface area contributed by atoms with Crippen LogP contribution in [0.2, 0.25) is 0 Å². The number of aromatic amines is 1. The molecular formula is C16H20N4O2. The normalized spacial score (nSPS) is 11.7. The molecule has 0 saturated carbocycles. The Hall–Kier alpha value is -2.63. The standard InChI is InChI=1S/C16H20N4O2/c1-3-5-15(18-11(2)21)16(22)19-13-7-4-6-12(10-13)14-8-9-17-20-14/h4,6-10,15H,3,5H2,1-2H3,(H,17,20)(H,18,21)(H,19,22)/t15-/m0/s1. The fraction of sp³-hybridized carbons (Fsp3) is 0.312. The molecule has 2 aromatic rings. The Labute approximate surface area is 129 Å². The van der Waals surface area contributed by atoms with E-state index in [0.29, 0.717) is 12.1 Å². The number of anilines is 1. The molecule has 0 fully saturated rings. The number of nitrogens with zero attached hydrogens (tertiary/aromatic N) is 1. The van der Waals surface area contributed by atoms with Gasteiger partial charge in [-0.3, -0.25) is 14.7 Å². The summed E-state index contributed by atoms with van der Waals surface area (Å²) in [6.07, 6.45) is 3.09. The van der Waals surface area contributed by atoms with E-state index in [2.05, 4.69) is 20.8 Å². The average molecular weight is 300 g/mol. The summed E-state index contributed by atoms with van der Waals surface area (Å²) in [5.41, 5.74) is 2.49. The van der Waals surface area contributed by atoms with Gasteiger partial charge in [0.25, 0.3) is 0 Å². The van der Waals surface area contributed by atoms with Crippen LogP contribution in [-0.4, -0.2) is 28.1 Å². The maximum absolute atomic E-state index is 12.3. The van der Waals surface area contributed by atoms with Gasteiger partial charge in [-0.25, -0.2) is 0 Å². The highest BCUT2D eigenvalue weighted by Gasteiger charge is 2.18. The predicted molar refractivity (Wildman–Crippen MR) is 85.2 cm³/mol. The van der Waals surface area contributed by atoms with E-state index in [4.69, 9.17) is 0 Å². The van der Waals surface area contributed by atoms with E-state index in [1.807, 2.05) is 37.3 Å². The molecule has 2 amide bonds. The Kier molecular flexibility index (Phi) is 5.30. The summed E-state index contributed by atoms with van der Waals surface area (Å²) in [6, 6.07) is 8.81. The van der Waals surface area contributed by atoms with E-state index in [9.17, 15) is 9.59 Å². The lowest BCUT2D eigenvalue weighted by Crippen LogP contribution is -2.42. The van der Waals surface area contributed by atoms with Crippen LogP contribution < -0.4 is 10.6 Å². The Morgan fingerprint density at radius 1 is 1.32 bits per heavy atom. The highest BCUT2D eigenvalue weighted by atomic mass is 16.2. The van der Waals surface area contributed by atoms with Gasteiger partial charge in [0, 0.05) is 24.4 Å². The van der Waals surface area contributed by atoms with Gasteiger partial charge < -0.3 is 10.6 Å². The van der Waals surface area contributed by atoms with Crippen molar-refractivity contribution in [1.82, 2.24) is 15.5 Å². The van der Waals surface area contributed by atoms with E-state index in [-0.39, 0.29) is 11.8 Å². The van der Waals surface area contributed by atoms with Crippen molar-refractivity contribution in [2.75, 3.05) is 5.32 Å². The summed E-state index contributed by atoms with van der Waals surface area (Å²) in [4.78, 5) is 23.5. The van der Waals surface area contributed by atoms with Crippen molar-refractivity contribution in [1.29, 1.82) is 0 Å². The van der Waals surface area contributed by atoms with Crippen LogP contribution in [0.25, 0.3) is 11.3 Å². The SMILES string of the molecule is CCC[C@H](NC(C)=O)C(=O)Nc1cccc(-c2ccn[nH]2)c1. The molecule has 0 spiro atoms. The third kappa shape index (κ3) is 4.18. The third-order valence-corrected chi connectivity index (χ3v) is 3.21. The minimum atomic E-state index is -0.515. The number of carbonyl (C=O) groups excluding carboxylic acids is 2. The van der Waals surface area contributed by atoms with E-state index < -0.39 is 6.04 Å². The molecule has 116 valence electrons. The Morgan fingerprint density at radius 3 is 2.77 bits per heavy atom. The zero-order valence-electron chi connectivity index (χ0n) is 12.7. The van der Waals surface area contributed by atoms with Gasteiger partial charge in [0.2, 0.25) is 11.8 Å². The number of rotatable bonds is 6. The molecule has 3 N–H and O–H groups in total. The summed E-state index contributed by atoms with van der Waals surface area (Å²) < 4.78 is 0. The predicted octanol–water partition coefficient (Wildman–Crippen LogP) is 2.32. The summed E-state index contributed by atoms with van der Waals surface area (Å²) in [5, 5.41) is 12.3. The van der Waals surface area contributed by atoms with Crippen molar-refractivity contribution in [3.8, 4) is 11.3 Å². The first kappa shape index (κ1) is 15.8. The number of H-pyrrole nitrogens is 1. The number of hydrogen-bond acceptors (Lipinski definition) is 3. The largest absolute Gasteiger partial charge is 0.345 e. The van der Waals surface area contributed by atoms with E-state index in [0.717, 1.165) is 17.7 Å². The van der Waals surface area contributed by atoms with E-state index in [1.165, 1.54) is 6.92 Å². The van der Waals surface area contributed by atoms with Gasteiger partial charge in [-0.15, -0.1) is 0 Å². The van der Waals surface area contributed by atoms with Gasteiger partial charge in [0.1, 0.15) is 6.04 Å². The second kappa shape index (κ2) is 7.40. The van der Waals surface area contributed by atoms with Crippen LogP contribution >= 0.6 is 0 Å². The topological polar surface area (TPSA) is 86.9 Å². The van der Waals surface area contributed by atoms with Crippen LogP contribution in [-0.2, 0) is 9.59 Å². The number of carbonyl (C=O) groups is 2. The first-order valence-electron chi connectivity index (χ1n) is 7.28. The smallest absolute Gasteiger partial charge is 0.246 e. The summed E-state index contributed by atoms with van der Waals surface area (Å²) in [5.74, 6) is -0.418. The van der Waals surface area contributed by atoms with Crippen molar-refractivity contribution in [2.45, 2.75) is 32.7 Å². The highest BCUT2D eigenvalue weighted by molar-refractivity contribution is 5.97. The van der Waals surface area contributed by atoms with Crippen molar-refractivity contribution >= 4 is 17.5 Å². The molecule has 0 radical (unpaired) electrons. The van der Waals surface area contributed by atoms with Gasteiger partial charge in [-0.05, 0) is 24.6 Å². The number of hydrogen-bond donors (Lipinski definition) is 3. The maximum Gasteiger partial charge on any atom is 0.246 e. The zero-order valence-corrected chi connectivity index (χ0v) is 12.7. The molecule has 0 aliphatic carbocycles. The lowest BCUT2D eigenvalue weighted by molar-refractivity contribution is -0.125. The summed E-state index contributed by atoms with van der Waals surface area (Å²) >= 11 is 0. The third-order valence-electron chi connectivity index (χ3n) is 3.21. The van der Waals surface area contributed by atoms with Crippen LogP contribution in [0.1, 0.15) is 26.7 Å². The van der Waals surface area contributed by atoms with Crippen molar-refractivity contribution in [2.24, 2.45) is 0 Å². The van der Waals surface area contributed by atoms with Crippen molar-refractivity contribution < 1.29 is 9.59 Å². The summed E-state index contributed by atoms with van der Waals surface area (Å²) in [7, 11) is 0. The molecular weight excluding hydrogens is 280 g/mol. The highest BCUT2D eigenvalue weighted by Crippen LogP contribution is 2.20. The molecule has 0 bridgehead atoms.